The lowest BCUT2D eigenvalue weighted by Gasteiger charge is -2.29. The van der Waals surface area contributed by atoms with Crippen molar-refractivity contribution in [1.82, 2.24) is 0 Å². The first-order valence-electron chi connectivity index (χ1n) is 4.49. The highest BCUT2D eigenvalue weighted by Crippen LogP contribution is 2.46. The van der Waals surface area contributed by atoms with Crippen LogP contribution in [0.15, 0.2) is 0 Å². The molecule has 1 atom stereocenters. The number of alkyl halides is 7. The average molecular weight is 336 g/mol. The van der Waals surface area contributed by atoms with Crippen LogP contribution in [-0.2, 0) is 18.9 Å². The summed E-state index contributed by atoms with van der Waals surface area (Å²) in [6.45, 7) is -1.66. The summed E-state index contributed by atoms with van der Waals surface area (Å²) in [7, 11) is 0. The number of carbonyl (C=O) groups excluding carboxylic acids is 1. The van der Waals surface area contributed by atoms with E-state index >= 15 is 0 Å². The number of halogens is 7. The summed E-state index contributed by atoms with van der Waals surface area (Å²) in [6, 6.07) is 0. The van der Waals surface area contributed by atoms with Crippen molar-refractivity contribution in [2.45, 2.75) is 30.2 Å². The van der Waals surface area contributed by atoms with Crippen molar-refractivity contribution in [3.63, 3.8) is 0 Å². The van der Waals surface area contributed by atoms with E-state index in [9.17, 15) is 35.5 Å². The van der Waals surface area contributed by atoms with Crippen LogP contribution in [0.3, 0.4) is 0 Å². The van der Waals surface area contributed by atoms with Gasteiger partial charge in [0.05, 0.1) is 0 Å². The van der Waals surface area contributed by atoms with E-state index in [1.54, 1.807) is 0 Å². The van der Waals surface area contributed by atoms with E-state index in [0.717, 1.165) is 6.92 Å². The number of hydrogen-bond donors (Lipinski definition) is 1. The third-order valence-electron chi connectivity index (χ3n) is 1.86. The molecule has 5 nitrogen and oxygen atoms in total. The monoisotopic (exact) mass is 336 g/mol. The fraction of sp³-hybridized carbons (Fsp3) is 0.857. The zero-order valence-electron chi connectivity index (χ0n) is 9.42. The molecule has 0 heterocycles. The Labute approximate surface area is 111 Å². The Morgan fingerprint density at radius 3 is 1.95 bits per heavy atom. The van der Waals surface area contributed by atoms with Crippen molar-refractivity contribution in [2.75, 3.05) is 6.61 Å². The predicted octanol–water partition coefficient (Wildman–Crippen LogP) is 2.82. The van der Waals surface area contributed by atoms with Gasteiger partial charge in [0.1, 0.15) is 11.9 Å². The number of carbonyl (C=O) groups is 1. The van der Waals surface area contributed by atoms with E-state index in [0.29, 0.717) is 0 Å². The maximum absolute atomic E-state index is 13.1. The summed E-state index contributed by atoms with van der Waals surface area (Å²) in [5.41, 5.74) is -5.69. The minimum atomic E-state index is -6.31. The lowest BCUT2D eigenvalue weighted by Crippen LogP contribution is -2.56. The minimum Gasteiger partial charge on any atom is -0.461 e. The molecule has 0 saturated carbocycles. The average Bonchev–Trinajstić information content (AvgIpc) is 2.29. The molecule has 120 valence electrons. The van der Waals surface area contributed by atoms with Crippen molar-refractivity contribution in [2.24, 2.45) is 0 Å². The molecule has 0 radical (unpaired) electrons. The third kappa shape index (κ3) is 4.64. The van der Waals surface area contributed by atoms with Crippen LogP contribution in [0.25, 0.3) is 0 Å². The quantitative estimate of drug-likeness (QED) is 0.265. The van der Waals surface area contributed by atoms with Gasteiger partial charge < -0.3 is 4.74 Å². The standard InChI is InChI=1S/C7H7F7O5S/c1-3(20-19-18-16)4(15)17-2-5(8,6(9,10)11)7(12,13)14/h3,16H,2H2,1H3. The van der Waals surface area contributed by atoms with Gasteiger partial charge in [-0.05, 0) is 6.92 Å². The van der Waals surface area contributed by atoms with Crippen LogP contribution >= 0.6 is 12.0 Å². The largest absolute Gasteiger partial charge is 0.461 e. The topological polar surface area (TPSA) is 65.0 Å². The second-order valence-electron chi connectivity index (χ2n) is 3.29. The van der Waals surface area contributed by atoms with Crippen LogP contribution in [0.4, 0.5) is 30.7 Å². The van der Waals surface area contributed by atoms with Gasteiger partial charge >= 0.3 is 24.0 Å². The molecule has 1 unspecified atom stereocenters. The van der Waals surface area contributed by atoms with Gasteiger partial charge in [0.15, 0.2) is 0 Å². The molecule has 1 N–H and O–H groups in total. The van der Waals surface area contributed by atoms with Gasteiger partial charge in [0.25, 0.3) is 0 Å². The highest BCUT2D eigenvalue weighted by molar-refractivity contribution is 7.95. The van der Waals surface area contributed by atoms with E-state index in [-0.39, 0.29) is 12.0 Å². The first-order chi connectivity index (χ1) is 8.87. The van der Waals surface area contributed by atoms with Crippen molar-refractivity contribution in [1.29, 1.82) is 0 Å². The molecule has 0 aliphatic heterocycles. The Kier molecular flexibility index (Phi) is 6.51. The van der Waals surface area contributed by atoms with E-state index in [2.05, 4.69) is 14.1 Å². The highest BCUT2D eigenvalue weighted by atomic mass is 32.2. The van der Waals surface area contributed by atoms with Gasteiger partial charge in [-0.2, -0.15) is 26.3 Å². The van der Waals surface area contributed by atoms with Gasteiger partial charge in [0.2, 0.25) is 0 Å². The summed E-state index contributed by atoms with van der Waals surface area (Å²) < 4.78 is 92.9. The molecule has 20 heavy (non-hydrogen) atoms. The Morgan fingerprint density at radius 2 is 1.60 bits per heavy atom. The van der Waals surface area contributed by atoms with Gasteiger partial charge in [-0.3, -0.25) is 4.79 Å². The fourth-order valence-electron chi connectivity index (χ4n) is 0.728. The summed E-state index contributed by atoms with van der Waals surface area (Å²) in [4.78, 5) is 11.0. The SMILES string of the molecule is CC(SOOO)C(=O)OCC(F)(C(F)(F)F)C(F)(F)F. The van der Waals surface area contributed by atoms with Crippen LogP contribution in [0.5, 0.6) is 0 Å². The number of esters is 1. The van der Waals surface area contributed by atoms with Crippen molar-refractivity contribution in [3.8, 4) is 0 Å². The highest BCUT2D eigenvalue weighted by Gasteiger charge is 2.73. The number of rotatable bonds is 6. The van der Waals surface area contributed by atoms with Crippen LogP contribution in [0, 0.1) is 0 Å². The molecule has 0 aromatic heterocycles. The van der Waals surface area contributed by atoms with E-state index in [4.69, 9.17) is 5.26 Å². The summed E-state index contributed by atoms with van der Waals surface area (Å²) >= 11 is 0.0184. The second-order valence-corrected chi connectivity index (χ2v) is 4.32. The second kappa shape index (κ2) is 6.78. The molecular formula is C7H7F7O5S. The summed E-state index contributed by atoms with van der Waals surface area (Å²) in [5, 5.41) is 9.28. The Balaban J connectivity index is 4.77. The first kappa shape index (κ1) is 19.2. The van der Waals surface area contributed by atoms with Crippen molar-refractivity contribution >= 4 is 18.0 Å². The van der Waals surface area contributed by atoms with Crippen LogP contribution in [-0.4, -0.2) is 41.1 Å². The van der Waals surface area contributed by atoms with Crippen molar-refractivity contribution in [3.05, 3.63) is 0 Å². The van der Waals surface area contributed by atoms with Gasteiger partial charge in [-0.1, -0.05) is 5.04 Å². The van der Waals surface area contributed by atoms with Crippen LogP contribution < -0.4 is 0 Å². The fourth-order valence-corrected chi connectivity index (χ4v) is 1.03. The molecule has 0 aliphatic carbocycles. The van der Waals surface area contributed by atoms with Crippen molar-refractivity contribution < 1.29 is 54.9 Å². The zero-order chi connectivity index (χ0) is 16.2. The molecule has 0 aromatic carbocycles. The van der Waals surface area contributed by atoms with Gasteiger partial charge in [0, 0.05) is 12.0 Å². The maximum Gasteiger partial charge on any atom is 0.435 e. The molecule has 0 spiro atoms. The molecule has 0 bridgehead atoms. The lowest BCUT2D eigenvalue weighted by atomic mass is 10.1. The van der Waals surface area contributed by atoms with Crippen LogP contribution in [0.1, 0.15) is 6.92 Å². The Morgan fingerprint density at radius 1 is 1.15 bits per heavy atom. The number of ether oxygens (including phenoxy) is 1. The molecule has 13 heteroatoms. The van der Waals surface area contributed by atoms with Gasteiger partial charge in [-0.15, -0.1) is 4.33 Å². The number of hydrogen-bond acceptors (Lipinski definition) is 6. The first-order valence-corrected chi connectivity index (χ1v) is 5.30. The predicted molar refractivity (Wildman–Crippen MR) is 48.8 cm³/mol. The normalized spacial score (nSPS) is 15.1. The van der Waals surface area contributed by atoms with E-state index < -0.39 is 35.8 Å². The minimum absolute atomic E-state index is 0.0184. The lowest BCUT2D eigenvalue weighted by molar-refractivity contribution is -0.432. The smallest absolute Gasteiger partial charge is 0.435 e. The van der Waals surface area contributed by atoms with Gasteiger partial charge in [-0.25, -0.2) is 9.65 Å². The molecule has 0 aliphatic rings. The molecule has 0 saturated heterocycles. The zero-order valence-corrected chi connectivity index (χ0v) is 10.2. The molecule has 0 fully saturated rings. The van der Waals surface area contributed by atoms with Crippen LogP contribution in [0.2, 0.25) is 0 Å². The molecule has 0 amide bonds. The Hall–Kier alpha value is -0.790. The molecular weight excluding hydrogens is 329 g/mol. The van der Waals surface area contributed by atoms with E-state index in [1.807, 2.05) is 0 Å². The molecule has 0 rings (SSSR count). The Bertz CT molecular complexity index is 317. The summed E-state index contributed by atoms with van der Waals surface area (Å²) in [6.07, 6.45) is -12.6. The molecule has 0 aromatic rings. The third-order valence-corrected chi connectivity index (χ3v) is 2.48. The van der Waals surface area contributed by atoms with E-state index in [1.165, 1.54) is 0 Å². The summed E-state index contributed by atoms with van der Waals surface area (Å²) in [5.74, 6) is -1.64. The maximum atomic E-state index is 13.1.